The first-order valence-electron chi connectivity index (χ1n) is 5.46. The molecule has 0 radical (unpaired) electrons. The lowest BCUT2D eigenvalue weighted by Crippen LogP contribution is -2.32. The molecule has 0 aromatic carbocycles. The van der Waals surface area contributed by atoms with Crippen molar-refractivity contribution in [3.8, 4) is 0 Å². The van der Waals surface area contributed by atoms with E-state index in [2.05, 4.69) is 20.8 Å². The molecule has 0 aliphatic heterocycles. The van der Waals surface area contributed by atoms with Crippen LogP contribution in [-0.4, -0.2) is 39.6 Å². The van der Waals surface area contributed by atoms with Crippen LogP contribution in [0.1, 0.15) is 20.2 Å². The summed E-state index contributed by atoms with van der Waals surface area (Å²) in [5.41, 5.74) is -0.136. The van der Waals surface area contributed by atoms with Crippen molar-refractivity contribution in [1.82, 2.24) is 15.5 Å². The first kappa shape index (κ1) is 13.7. The molecule has 0 aliphatic carbocycles. The molecule has 104 valence electrons. The number of anilines is 1. The van der Waals surface area contributed by atoms with Crippen molar-refractivity contribution in [2.45, 2.75) is 0 Å². The Hall–Kier alpha value is -2.68. The Morgan fingerprint density at radius 1 is 1.40 bits per heavy atom. The highest BCUT2D eigenvalue weighted by Crippen LogP contribution is 2.08. The van der Waals surface area contributed by atoms with Crippen molar-refractivity contribution >= 4 is 34.9 Å². The van der Waals surface area contributed by atoms with Crippen molar-refractivity contribution in [3.63, 3.8) is 0 Å². The van der Waals surface area contributed by atoms with E-state index in [4.69, 9.17) is 5.11 Å². The standard InChI is InChI=1S/C11H10N4O4S/c16-9(5-12-10(17)7-2-1-3-20-7)13-8-4-6(11(18)19)14-15-8/h1-4H,5H2,(H,12,17)(H,18,19)(H2,13,14,15,16). The summed E-state index contributed by atoms with van der Waals surface area (Å²) in [5.74, 6) is -1.94. The lowest BCUT2D eigenvalue weighted by molar-refractivity contribution is -0.115. The number of hydrogen-bond donors (Lipinski definition) is 4. The van der Waals surface area contributed by atoms with Gasteiger partial charge in [-0.2, -0.15) is 5.10 Å². The second kappa shape index (κ2) is 5.97. The number of H-pyrrole nitrogens is 1. The zero-order valence-corrected chi connectivity index (χ0v) is 10.9. The smallest absolute Gasteiger partial charge is 0.353 e. The van der Waals surface area contributed by atoms with Crippen molar-refractivity contribution in [3.05, 3.63) is 34.2 Å². The van der Waals surface area contributed by atoms with Crippen LogP contribution >= 0.6 is 11.3 Å². The molecule has 0 fully saturated rings. The lowest BCUT2D eigenvalue weighted by Gasteiger charge is -2.03. The number of nitrogens with zero attached hydrogens (tertiary/aromatic N) is 1. The topological polar surface area (TPSA) is 124 Å². The van der Waals surface area contributed by atoms with Gasteiger partial charge in [-0.3, -0.25) is 14.7 Å². The van der Waals surface area contributed by atoms with Gasteiger partial charge in [0.1, 0.15) is 5.69 Å². The fourth-order valence-corrected chi connectivity index (χ4v) is 1.98. The molecule has 0 spiro atoms. The van der Waals surface area contributed by atoms with Crippen LogP contribution in [0.4, 0.5) is 5.82 Å². The summed E-state index contributed by atoms with van der Waals surface area (Å²) in [4.78, 5) is 34.2. The molecule has 2 heterocycles. The highest BCUT2D eigenvalue weighted by Gasteiger charge is 2.12. The molecule has 4 N–H and O–H groups in total. The maximum atomic E-state index is 11.6. The van der Waals surface area contributed by atoms with E-state index in [1.165, 1.54) is 17.4 Å². The van der Waals surface area contributed by atoms with Gasteiger partial charge in [0, 0.05) is 6.07 Å². The normalized spacial score (nSPS) is 10.0. The average Bonchev–Trinajstić information content (AvgIpc) is 3.06. The predicted molar refractivity (Wildman–Crippen MR) is 70.8 cm³/mol. The number of rotatable bonds is 5. The van der Waals surface area contributed by atoms with Crippen LogP contribution in [0.2, 0.25) is 0 Å². The number of aromatic carboxylic acids is 1. The zero-order valence-electron chi connectivity index (χ0n) is 10.0. The quantitative estimate of drug-likeness (QED) is 0.640. The first-order valence-corrected chi connectivity index (χ1v) is 6.34. The zero-order chi connectivity index (χ0) is 14.5. The second-order valence-corrected chi connectivity index (χ2v) is 4.63. The Morgan fingerprint density at radius 3 is 2.80 bits per heavy atom. The van der Waals surface area contributed by atoms with Crippen LogP contribution in [-0.2, 0) is 4.79 Å². The van der Waals surface area contributed by atoms with E-state index in [9.17, 15) is 14.4 Å². The van der Waals surface area contributed by atoms with Gasteiger partial charge in [0.05, 0.1) is 11.4 Å². The SMILES string of the molecule is O=C(CNC(=O)c1cccs1)Nc1cc(C(=O)O)[nH]n1. The molecule has 2 aromatic heterocycles. The van der Waals surface area contributed by atoms with Gasteiger partial charge in [-0.15, -0.1) is 11.3 Å². The van der Waals surface area contributed by atoms with E-state index < -0.39 is 11.9 Å². The van der Waals surface area contributed by atoms with Crippen molar-refractivity contribution < 1.29 is 19.5 Å². The Kier molecular flexibility index (Phi) is 4.11. The molecule has 2 amide bonds. The summed E-state index contributed by atoms with van der Waals surface area (Å²) in [6.45, 7) is -0.230. The third kappa shape index (κ3) is 3.42. The molecule has 9 heteroatoms. The molecule has 0 unspecified atom stereocenters. The Balaban J connectivity index is 1.83. The van der Waals surface area contributed by atoms with Crippen LogP contribution in [0.25, 0.3) is 0 Å². The van der Waals surface area contributed by atoms with Crippen LogP contribution in [0.15, 0.2) is 23.6 Å². The Morgan fingerprint density at radius 2 is 2.20 bits per heavy atom. The molecule has 20 heavy (non-hydrogen) atoms. The van der Waals surface area contributed by atoms with E-state index in [0.717, 1.165) is 0 Å². The Bertz CT molecular complexity index is 635. The number of carbonyl (C=O) groups excluding carboxylic acids is 2. The van der Waals surface area contributed by atoms with Crippen LogP contribution in [0.3, 0.4) is 0 Å². The number of aromatic nitrogens is 2. The summed E-state index contributed by atoms with van der Waals surface area (Å²) in [6, 6.07) is 4.56. The van der Waals surface area contributed by atoms with Crippen molar-refractivity contribution in [2.75, 3.05) is 11.9 Å². The number of amides is 2. The third-order valence-corrected chi connectivity index (χ3v) is 3.10. The van der Waals surface area contributed by atoms with Crippen molar-refractivity contribution in [2.24, 2.45) is 0 Å². The lowest BCUT2D eigenvalue weighted by atomic mass is 10.4. The van der Waals surface area contributed by atoms with E-state index in [-0.39, 0.29) is 24.0 Å². The number of carboxylic acids is 1. The summed E-state index contributed by atoms with van der Waals surface area (Å²) >= 11 is 1.27. The first-order chi connectivity index (χ1) is 9.56. The molecular formula is C11H10N4O4S. The largest absolute Gasteiger partial charge is 0.477 e. The molecule has 0 saturated heterocycles. The van der Waals surface area contributed by atoms with E-state index in [1.807, 2.05) is 0 Å². The summed E-state index contributed by atoms with van der Waals surface area (Å²) < 4.78 is 0. The number of thiophene rings is 1. The van der Waals surface area contributed by atoms with E-state index in [1.54, 1.807) is 17.5 Å². The third-order valence-electron chi connectivity index (χ3n) is 2.23. The fraction of sp³-hybridized carbons (Fsp3) is 0.0909. The van der Waals surface area contributed by atoms with Gasteiger partial charge in [-0.1, -0.05) is 6.07 Å². The molecule has 2 aromatic rings. The van der Waals surface area contributed by atoms with Crippen LogP contribution in [0.5, 0.6) is 0 Å². The predicted octanol–water partition coefficient (Wildman–Crippen LogP) is 0.538. The monoisotopic (exact) mass is 294 g/mol. The number of hydrogen-bond acceptors (Lipinski definition) is 5. The summed E-state index contributed by atoms with van der Waals surface area (Å²) in [5, 5.41) is 21.1. The second-order valence-electron chi connectivity index (χ2n) is 3.68. The summed E-state index contributed by atoms with van der Waals surface area (Å²) in [6.07, 6.45) is 0. The molecule has 2 rings (SSSR count). The minimum atomic E-state index is -1.18. The Labute approximate surface area is 116 Å². The van der Waals surface area contributed by atoms with Gasteiger partial charge >= 0.3 is 5.97 Å². The number of carboxylic acid groups (broad SMARTS) is 1. The maximum Gasteiger partial charge on any atom is 0.353 e. The number of nitrogens with one attached hydrogen (secondary N) is 3. The highest BCUT2D eigenvalue weighted by atomic mass is 32.1. The molecule has 8 nitrogen and oxygen atoms in total. The number of aromatic amines is 1. The molecular weight excluding hydrogens is 284 g/mol. The molecule has 0 saturated carbocycles. The van der Waals surface area contributed by atoms with Crippen molar-refractivity contribution in [1.29, 1.82) is 0 Å². The van der Waals surface area contributed by atoms with Gasteiger partial charge in [0.2, 0.25) is 5.91 Å². The van der Waals surface area contributed by atoms with Gasteiger partial charge in [0.25, 0.3) is 5.91 Å². The van der Waals surface area contributed by atoms with Crippen LogP contribution in [0, 0.1) is 0 Å². The van der Waals surface area contributed by atoms with Gasteiger partial charge in [-0.05, 0) is 11.4 Å². The fourth-order valence-electron chi connectivity index (χ4n) is 1.34. The molecule has 0 atom stereocenters. The average molecular weight is 294 g/mol. The van der Waals surface area contributed by atoms with Gasteiger partial charge in [-0.25, -0.2) is 4.79 Å². The molecule has 0 bridgehead atoms. The van der Waals surface area contributed by atoms with E-state index in [0.29, 0.717) is 4.88 Å². The van der Waals surface area contributed by atoms with Gasteiger partial charge < -0.3 is 15.7 Å². The highest BCUT2D eigenvalue weighted by molar-refractivity contribution is 7.12. The van der Waals surface area contributed by atoms with Crippen LogP contribution < -0.4 is 10.6 Å². The molecule has 0 aliphatic rings. The van der Waals surface area contributed by atoms with E-state index >= 15 is 0 Å². The maximum absolute atomic E-state index is 11.6. The minimum absolute atomic E-state index is 0.0813. The minimum Gasteiger partial charge on any atom is -0.477 e. The summed E-state index contributed by atoms with van der Waals surface area (Å²) in [7, 11) is 0. The van der Waals surface area contributed by atoms with Gasteiger partial charge in [0.15, 0.2) is 5.82 Å². The number of carbonyl (C=O) groups is 3.